The fraction of sp³-hybridized carbons (Fsp3) is 0.143. The molecular formula is C7H7NO. The minimum absolute atomic E-state index is 0.0490. The topological polar surface area (TPSA) is 30.0 Å². The highest BCUT2D eigenvalue weighted by molar-refractivity contribution is 5.71. The third-order valence-corrected chi connectivity index (χ3v) is 0.891. The number of nitrogens with zero attached hydrogens (tertiary/aromatic N) is 1. The van der Waals surface area contributed by atoms with Crippen molar-refractivity contribution >= 4 is 6.29 Å². The van der Waals surface area contributed by atoms with Gasteiger partial charge < -0.3 is 0 Å². The molecule has 46 valence electrons. The SMILES string of the molecule is [2H]C([2H])([2H])c1cccc(C=O)n1. The van der Waals surface area contributed by atoms with Gasteiger partial charge in [-0.25, -0.2) is 0 Å². The fourth-order valence-corrected chi connectivity index (χ4v) is 0.517. The summed E-state index contributed by atoms with van der Waals surface area (Å²) < 4.78 is 21.0. The van der Waals surface area contributed by atoms with Gasteiger partial charge in [0, 0.05) is 9.81 Å². The van der Waals surface area contributed by atoms with Crippen molar-refractivity contribution in [2.75, 3.05) is 0 Å². The molecule has 0 radical (unpaired) electrons. The van der Waals surface area contributed by atoms with Crippen LogP contribution >= 0.6 is 0 Å². The average Bonchev–Trinajstić information content (AvgIpc) is 2.03. The Morgan fingerprint density at radius 3 is 3.33 bits per heavy atom. The Balaban J connectivity index is 3.10. The van der Waals surface area contributed by atoms with Crippen molar-refractivity contribution in [2.45, 2.75) is 6.85 Å². The summed E-state index contributed by atoms with van der Waals surface area (Å²) in [5, 5.41) is 0. The maximum Gasteiger partial charge on any atom is 0.168 e. The van der Waals surface area contributed by atoms with Gasteiger partial charge in [-0.2, -0.15) is 0 Å². The van der Waals surface area contributed by atoms with E-state index >= 15 is 0 Å². The van der Waals surface area contributed by atoms with E-state index in [1.165, 1.54) is 18.2 Å². The van der Waals surface area contributed by atoms with E-state index in [0.29, 0.717) is 6.29 Å². The Hall–Kier alpha value is -1.18. The molecule has 0 fully saturated rings. The van der Waals surface area contributed by atoms with Gasteiger partial charge >= 0.3 is 0 Å². The summed E-state index contributed by atoms with van der Waals surface area (Å²) in [6.07, 6.45) is 0.523. The van der Waals surface area contributed by atoms with Crippen LogP contribution in [0, 0.1) is 6.85 Å². The van der Waals surface area contributed by atoms with Gasteiger partial charge in [-0.15, -0.1) is 0 Å². The molecule has 2 heteroatoms. The second kappa shape index (κ2) is 2.40. The third-order valence-electron chi connectivity index (χ3n) is 0.891. The molecule has 1 heterocycles. The average molecular weight is 124 g/mol. The van der Waals surface area contributed by atoms with E-state index in [0.717, 1.165) is 0 Å². The number of hydrogen-bond acceptors (Lipinski definition) is 2. The number of aromatic nitrogens is 1. The van der Waals surface area contributed by atoms with Crippen molar-refractivity contribution in [1.29, 1.82) is 0 Å². The Labute approximate surface area is 57.8 Å². The van der Waals surface area contributed by atoms with Gasteiger partial charge in [0.05, 0.1) is 0 Å². The second-order valence-electron chi connectivity index (χ2n) is 1.57. The predicted molar refractivity (Wildman–Crippen MR) is 34.4 cm³/mol. The van der Waals surface area contributed by atoms with E-state index in [2.05, 4.69) is 4.98 Å². The fourth-order valence-electron chi connectivity index (χ4n) is 0.517. The number of rotatable bonds is 1. The molecule has 0 aliphatic carbocycles. The van der Waals surface area contributed by atoms with Crippen LogP contribution in [-0.2, 0) is 0 Å². The molecule has 0 N–H and O–H groups in total. The van der Waals surface area contributed by atoms with Crippen LogP contribution in [0.2, 0.25) is 0 Å². The van der Waals surface area contributed by atoms with Crippen LogP contribution in [0.1, 0.15) is 20.3 Å². The molecule has 0 amide bonds. The lowest BCUT2D eigenvalue weighted by molar-refractivity contribution is 0.111. The number of pyridine rings is 1. The van der Waals surface area contributed by atoms with Gasteiger partial charge in [-0.05, 0) is 19.0 Å². The maximum absolute atomic E-state index is 10.2. The van der Waals surface area contributed by atoms with Crippen LogP contribution in [0.25, 0.3) is 0 Å². The number of aryl methyl sites for hydroxylation is 1. The zero-order valence-corrected chi connectivity index (χ0v) is 4.66. The van der Waals surface area contributed by atoms with E-state index < -0.39 is 6.85 Å². The smallest absolute Gasteiger partial charge is 0.168 e. The van der Waals surface area contributed by atoms with Crippen LogP contribution in [0.3, 0.4) is 0 Å². The summed E-state index contributed by atoms with van der Waals surface area (Å²) >= 11 is 0. The largest absolute Gasteiger partial charge is 0.296 e. The summed E-state index contributed by atoms with van der Waals surface area (Å²) in [6.45, 7) is -2.24. The molecule has 2 nitrogen and oxygen atoms in total. The number of carbonyl (C=O) groups excluding carboxylic acids is 1. The zero-order chi connectivity index (χ0) is 9.19. The molecule has 1 rings (SSSR count). The Bertz CT molecular complexity index is 295. The van der Waals surface area contributed by atoms with Crippen molar-refractivity contribution in [2.24, 2.45) is 0 Å². The van der Waals surface area contributed by atoms with Crippen molar-refractivity contribution in [3.63, 3.8) is 0 Å². The van der Waals surface area contributed by atoms with Crippen LogP contribution in [-0.4, -0.2) is 11.3 Å². The minimum Gasteiger partial charge on any atom is -0.296 e. The highest BCUT2D eigenvalue weighted by Crippen LogP contribution is 1.93. The van der Waals surface area contributed by atoms with E-state index in [1.54, 1.807) is 0 Å². The van der Waals surface area contributed by atoms with Crippen LogP contribution in [0.5, 0.6) is 0 Å². The first-order valence-electron chi connectivity index (χ1n) is 3.97. The monoisotopic (exact) mass is 124 g/mol. The maximum atomic E-state index is 10.2. The number of hydrogen-bond donors (Lipinski definition) is 0. The first-order chi connectivity index (χ1) is 5.54. The molecule has 0 saturated carbocycles. The van der Waals surface area contributed by atoms with Crippen LogP contribution in [0.15, 0.2) is 18.2 Å². The molecule has 0 aliphatic rings. The van der Waals surface area contributed by atoms with E-state index in [-0.39, 0.29) is 11.4 Å². The van der Waals surface area contributed by atoms with Crippen molar-refractivity contribution in [3.8, 4) is 0 Å². The lowest BCUT2D eigenvalue weighted by Crippen LogP contribution is -1.86. The quantitative estimate of drug-likeness (QED) is 0.526. The zero-order valence-electron chi connectivity index (χ0n) is 7.66. The normalized spacial score (nSPS) is 15.3. The van der Waals surface area contributed by atoms with Crippen LogP contribution in [0.4, 0.5) is 0 Å². The standard InChI is InChI=1S/C7H7NO/c1-6-3-2-4-7(5-9)8-6/h2-5H,1H3/i1D3. The number of aldehydes is 1. The molecular weight excluding hydrogens is 114 g/mol. The van der Waals surface area contributed by atoms with Crippen molar-refractivity contribution in [1.82, 2.24) is 4.98 Å². The summed E-state index contributed by atoms with van der Waals surface area (Å²) in [7, 11) is 0. The van der Waals surface area contributed by atoms with Crippen molar-refractivity contribution < 1.29 is 8.91 Å². The molecule has 0 spiro atoms. The molecule has 0 aliphatic heterocycles. The Morgan fingerprint density at radius 2 is 2.67 bits per heavy atom. The summed E-state index contributed by atoms with van der Waals surface area (Å²) in [6, 6.07) is 4.33. The highest BCUT2D eigenvalue weighted by atomic mass is 16.1. The molecule has 0 saturated heterocycles. The summed E-state index contributed by atoms with van der Waals surface area (Å²) in [5.41, 5.74) is 0.0933. The van der Waals surface area contributed by atoms with Gasteiger partial charge in [-0.3, -0.25) is 9.78 Å². The molecule has 0 atom stereocenters. The lowest BCUT2D eigenvalue weighted by Gasteiger charge is -1.89. The molecule has 0 unspecified atom stereocenters. The van der Waals surface area contributed by atoms with Gasteiger partial charge in [-0.1, -0.05) is 6.07 Å². The van der Waals surface area contributed by atoms with E-state index in [1.807, 2.05) is 0 Å². The predicted octanol–water partition coefficient (Wildman–Crippen LogP) is 1.20. The van der Waals surface area contributed by atoms with E-state index in [9.17, 15) is 4.79 Å². The number of carbonyl (C=O) groups is 1. The Morgan fingerprint density at radius 1 is 1.78 bits per heavy atom. The van der Waals surface area contributed by atoms with Crippen molar-refractivity contribution in [3.05, 3.63) is 29.6 Å². The Kier molecular flexibility index (Phi) is 0.827. The first-order valence-corrected chi connectivity index (χ1v) is 2.47. The first kappa shape index (κ1) is 3.11. The van der Waals surface area contributed by atoms with Gasteiger partial charge in [0.1, 0.15) is 5.69 Å². The van der Waals surface area contributed by atoms with Crippen LogP contribution < -0.4 is 0 Å². The molecule has 1 aromatic heterocycles. The second-order valence-corrected chi connectivity index (χ2v) is 1.57. The highest BCUT2D eigenvalue weighted by Gasteiger charge is 1.87. The van der Waals surface area contributed by atoms with E-state index in [4.69, 9.17) is 4.11 Å². The summed E-state index contributed by atoms with van der Waals surface area (Å²) in [5.74, 6) is 0. The lowest BCUT2D eigenvalue weighted by atomic mass is 10.3. The summed E-state index contributed by atoms with van der Waals surface area (Å²) in [4.78, 5) is 13.9. The van der Waals surface area contributed by atoms with Gasteiger partial charge in [0.25, 0.3) is 0 Å². The molecule has 1 aromatic rings. The molecule has 0 bridgehead atoms. The third kappa shape index (κ3) is 1.35. The van der Waals surface area contributed by atoms with Gasteiger partial charge in [0.15, 0.2) is 6.29 Å². The molecule has 0 aromatic carbocycles. The minimum atomic E-state index is -2.24. The molecule has 9 heavy (non-hydrogen) atoms. The van der Waals surface area contributed by atoms with Gasteiger partial charge in [0.2, 0.25) is 0 Å².